The van der Waals surface area contributed by atoms with Gasteiger partial charge in [-0.15, -0.1) is 13.2 Å². The summed E-state index contributed by atoms with van der Waals surface area (Å²) in [6, 6.07) is 9.75. The quantitative estimate of drug-likeness (QED) is 0.297. The van der Waals surface area contributed by atoms with Crippen LogP contribution in [0, 0.1) is 29.3 Å². The van der Waals surface area contributed by atoms with E-state index in [2.05, 4.69) is 11.7 Å². The van der Waals surface area contributed by atoms with Gasteiger partial charge in [0.25, 0.3) is 0 Å². The number of fused-ring (bicyclic) bond motifs is 1. The van der Waals surface area contributed by atoms with Crippen LogP contribution < -0.4 is 4.74 Å². The molecule has 35 heavy (non-hydrogen) atoms. The molecule has 7 heteroatoms. The summed E-state index contributed by atoms with van der Waals surface area (Å²) in [4.78, 5) is 0. The van der Waals surface area contributed by atoms with Gasteiger partial charge in [-0.2, -0.15) is 0 Å². The number of ether oxygens (including phenoxy) is 1. The summed E-state index contributed by atoms with van der Waals surface area (Å²) < 4.78 is 84.1. The minimum absolute atomic E-state index is 0.106. The molecule has 0 aromatic heterocycles. The van der Waals surface area contributed by atoms with Gasteiger partial charge in [-0.1, -0.05) is 75.8 Å². The fraction of sp³-hybridized carbons (Fsp3) is 0.429. The van der Waals surface area contributed by atoms with E-state index in [0.717, 1.165) is 24.3 Å². The first-order chi connectivity index (χ1) is 16.6. The summed E-state index contributed by atoms with van der Waals surface area (Å²) in [5.41, 5.74) is 0.785. The van der Waals surface area contributed by atoms with Crippen LogP contribution in [0.3, 0.4) is 0 Å². The van der Waals surface area contributed by atoms with Crippen molar-refractivity contribution < 1.29 is 31.1 Å². The van der Waals surface area contributed by atoms with Gasteiger partial charge in [0.1, 0.15) is 5.82 Å². The van der Waals surface area contributed by atoms with Crippen molar-refractivity contribution >= 4 is 10.8 Å². The van der Waals surface area contributed by atoms with Crippen molar-refractivity contribution in [3.05, 3.63) is 65.5 Å². The van der Waals surface area contributed by atoms with E-state index in [9.17, 15) is 22.0 Å². The molecule has 1 aliphatic rings. The molecule has 0 atom stereocenters. The first-order valence-electron chi connectivity index (χ1n) is 12.1. The molecule has 1 fully saturated rings. The van der Waals surface area contributed by atoms with E-state index in [1.807, 2.05) is 12.1 Å². The molecule has 0 amide bonds. The molecule has 3 aromatic carbocycles. The molecule has 0 saturated heterocycles. The van der Waals surface area contributed by atoms with Crippen molar-refractivity contribution in [2.45, 2.75) is 64.7 Å². The maximum Gasteiger partial charge on any atom is 0.573 e. The molecule has 1 aliphatic carbocycles. The summed E-state index contributed by atoms with van der Waals surface area (Å²) in [5, 5.41) is 0.941. The summed E-state index contributed by atoms with van der Waals surface area (Å²) in [5.74, 6) is -3.79. The summed E-state index contributed by atoms with van der Waals surface area (Å²) in [7, 11) is 0. The molecule has 188 valence electrons. The number of halogens is 6. The Morgan fingerprint density at radius 2 is 1.46 bits per heavy atom. The largest absolute Gasteiger partial charge is 0.573 e. The van der Waals surface area contributed by atoms with Crippen molar-refractivity contribution in [1.82, 2.24) is 0 Å². The molecule has 4 rings (SSSR count). The van der Waals surface area contributed by atoms with E-state index >= 15 is 4.39 Å². The highest BCUT2D eigenvalue weighted by molar-refractivity contribution is 5.88. The molecule has 0 unspecified atom stereocenters. The average molecular weight is 495 g/mol. The van der Waals surface area contributed by atoms with Crippen molar-refractivity contribution in [3.8, 4) is 16.9 Å². The standard InChI is InChI=1S/C28H28F6O/c1-2-3-17-4-6-18(7-5-17)8-9-19-10-12-22-20(14-19)11-13-23(26(22)31)21-15-24(29)27(25(30)16-21)35-28(32,33)34/h10-18H,2-9H2,1H3. The van der Waals surface area contributed by atoms with Crippen LogP contribution in [-0.4, -0.2) is 6.36 Å². The van der Waals surface area contributed by atoms with Crippen molar-refractivity contribution in [1.29, 1.82) is 0 Å². The van der Waals surface area contributed by atoms with Crippen LogP contribution in [0.1, 0.15) is 57.4 Å². The van der Waals surface area contributed by atoms with E-state index < -0.39 is 29.6 Å². The Morgan fingerprint density at radius 3 is 2.06 bits per heavy atom. The van der Waals surface area contributed by atoms with Gasteiger partial charge in [0.2, 0.25) is 5.75 Å². The summed E-state index contributed by atoms with van der Waals surface area (Å²) in [6.07, 6.45) is 4.43. The molecule has 0 N–H and O–H groups in total. The van der Waals surface area contributed by atoms with Crippen LogP contribution >= 0.6 is 0 Å². The van der Waals surface area contributed by atoms with Crippen LogP contribution in [-0.2, 0) is 6.42 Å². The Kier molecular flexibility index (Phi) is 7.62. The van der Waals surface area contributed by atoms with Crippen molar-refractivity contribution in [2.24, 2.45) is 11.8 Å². The SMILES string of the molecule is CCCC1CCC(CCc2ccc3c(F)c(-c4cc(F)c(OC(F)(F)F)c(F)c4)ccc3c2)CC1. The van der Waals surface area contributed by atoms with Gasteiger partial charge in [-0.3, -0.25) is 0 Å². The highest BCUT2D eigenvalue weighted by Gasteiger charge is 2.34. The number of hydrogen-bond acceptors (Lipinski definition) is 1. The van der Waals surface area contributed by atoms with E-state index in [1.165, 1.54) is 44.6 Å². The second-order valence-electron chi connectivity index (χ2n) is 9.51. The van der Waals surface area contributed by atoms with E-state index in [4.69, 9.17) is 0 Å². The fourth-order valence-corrected chi connectivity index (χ4v) is 5.24. The Labute approximate surface area is 201 Å². The van der Waals surface area contributed by atoms with Gasteiger partial charge >= 0.3 is 6.36 Å². The number of aryl methyl sites for hydroxylation is 1. The first kappa shape index (κ1) is 25.4. The summed E-state index contributed by atoms with van der Waals surface area (Å²) in [6.45, 7) is 2.23. The summed E-state index contributed by atoms with van der Waals surface area (Å²) >= 11 is 0. The predicted octanol–water partition coefficient (Wildman–Crippen LogP) is 9.36. The minimum atomic E-state index is -5.25. The third-order valence-electron chi connectivity index (χ3n) is 7.05. The van der Waals surface area contributed by atoms with Gasteiger partial charge in [-0.05, 0) is 53.3 Å². The molecule has 0 aliphatic heterocycles. The van der Waals surface area contributed by atoms with Gasteiger partial charge in [0.15, 0.2) is 11.6 Å². The lowest BCUT2D eigenvalue weighted by Gasteiger charge is -2.28. The van der Waals surface area contributed by atoms with E-state index in [0.29, 0.717) is 23.4 Å². The van der Waals surface area contributed by atoms with Crippen molar-refractivity contribution in [2.75, 3.05) is 0 Å². The van der Waals surface area contributed by atoms with E-state index in [1.54, 1.807) is 12.1 Å². The van der Waals surface area contributed by atoms with Gasteiger partial charge < -0.3 is 4.74 Å². The number of hydrogen-bond donors (Lipinski definition) is 0. The van der Waals surface area contributed by atoms with Crippen molar-refractivity contribution in [3.63, 3.8) is 0 Å². The van der Waals surface area contributed by atoms with E-state index in [-0.39, 0.29) is 16.5 Å². The zero-order valence-corrected chi connectivity index (χ0v) is 19.5. The Hall–Kier alpha value is -2.70. The molecule has 0 bridgehead atoms. The number of alkyl halides is 3. The zero-order valence-electron chi connectivity index (χ0n) is 19.5. The lowest BCUT2D eigenvalue weighted by atomic mass is 9.78. The van der Waals surface area contributed by atoms with Crippen LogP contribution in [0.15, 0.2) is 42.5 Å². The van der Waals surface area contributed by atoms with Gasteiger partial charge in [-0.25, -0.2) is 13.2 Å². The van der Waals surface area contributed by atoms with Crippen LogP contribution in [0.2, 0.25) is 0 Å². The van der Waals surface area contributed by atoms with Gasteiger partial charge in [0, 0.05) is 10.9 Å². The highest BCUT2D eigenvalue weighted by atomic mass is 19.4. The molecule has 0 spiro atoms. The second-order valence-corrected chi connectivity index (χ2v) is 9.51. The predicted molar refractivity (Wildman–Crippen MR) is 125 cm³/mol. The van der Waals surface area contributed by atoms with Crippen LogP contribution in [0.25, 0.3) is 21.9 Å². The average Bonchev–Trinajstić information content (AvgIpc) is 2.81. The van der Waals surface area contributed by atoms with Crippen LogP contribution in [0.5, 0.6) is 5.75 Å². The smallest absolute Gasteiger partial charge is 0.399 e. The lowest BCUT2D eigenvalue weighted by molar-refractivity contribution is -0.276. The Balaban J connectivity index is 1.50. The third-order valence-corrected chi connectivity index (χ3v) is 7.05. The van der Waals surface area contributed by atoms with Crippen LogP contribution in [0.4, 0.5) is 26.3 Å². The van der Waals surface area contributed by atoms with Gasteiger partial charge in [0.05, 0.1) is 0 Å². The maximum atomic E-state index is 15.2. The molecule has 1 nitrogen and oxygen atoms in total. The third kappa shape index (κ3) is 6.11. The normalized spacial score (nSPS) is 18.7. The maximum absolute atomic E-state index is 15.2. The molecular weight excluding hydrogens is 466 g/mol. The molecule has 1 saturated carbocycles. The number of rotatable bonds is 7. The first-order valence-corrected chi connectivity index (χ1v) is 12.1. The zero-order chi connectivity index (χ0) is 25.2. The lowest BCUT2D eigenvalue weighted by Crippen LogP contribution is -2.19. The molecular formula is C28H28F6O. The molecule has 3 aromatic rings. The molecule has 0 radical (unpaired) electrons. The highest BCUT2D eigenvalue weighted by Crippen LogP contribution is 2.36. The second kappa shape index (κ2) is 10.5. The molecule has 0 heterocycles. The number of benzene rings is 3. The Morgan fingerprint density at radius 1 is 0.829 bits per heavy atom. The Bertz CT molecular complexity index is 1160. The minimum Gasteiger partial charge on any atom is -0.399 e. The monoisotopic (exact) mass is 494 g/mol. The fourth-order valence-electron chi connectivity index (χ4n) is 5.24. The topological polar surface area (TPSA) is 9.23 Å².